The topological polar surface area (TPSA) is 128 Å². The standard InChI is InChI=1S/C24H24FN7O2.H2S/c1-13(15-4-5-17(25)21-16(23(33)27-2)6-7-28-22(15)21)10-29-20-9-19(31-12-32-20)14-8-18(26)24(34-3)30-11-14;/h4-9,11-13H,10,26H2,1-3H3,(H,27,33)(H,29,31,32);1H2/t13-;/m1./s1. The van der Waals surface area contributed by atoms with Crippen LogP contribution < -0.4 is 21.1 Å². The monoisotopic (exact) mass is 495 g/mol. The lowest BCUT2D eigenvalue weighted by atomic mass is 9.95. The van der Waals surface area contributed by atoms with Gasteiger partial charge in [-0.25, -0.2) is 19.3 Å². The highest BCUT2D eigenvalue weighted by Gasteiger charge is 2.18. The largest absolute Gasteiger partial charge is 0.480 e. The summed E-state index contributed by atoms with van der Waals surface area (Å²) in [5.74, 6) is 0.0448. The minimum absolute atomic E-state index is 0. The molecule has 0 unspecified atom stereocenters. The molecule has 0 saturated carbocycles. The van der Waals surface area contributed by atoms with Crippen LogP contribution in [0.3, 0.4) is 0 Å². The van der Waals surface area contributed by atoms with Crippen molar-refractivity contribution in [2.45, 2.75) is 12.8 Å². The van der Waals surface area contributed by atoms with Gasteiger partial charge in [0, 0.05) is 48.9 Å². The van der Waals surface area contributed by atoms with E-state index in [1.165, 1.54) is 38.8 Å². The van der Waals surface area contributed by atoms with Crippen molar-refractivity contribution in [3.8, 4) is 17.1 Å². The number of anilines is 2. The molecule has 0 saturated heterocycles. The fourth-order valence-corrected chi connectivity index (χ4v) is 3.73. The van der Waals surface area contributed by atoms with E-state index in [9.17, 15) is 9.18 Å². The van der Waals surface area contributed by atoms with Crippen molar-refractivity contribution >= 4 is 41.8 Å². The normalized spacial score (nSPS) is 11.4. The minimum atomic E-state index is -0.488. The number of pyridine rings is 2. The number of fused-ring (bicyclic) bond motifs is 1. The molecule has 1 aromatic carbocycles. The number of benzene rings is 1. The van der Waals surface area contributed by atoms with E-state index in [4.69, 9.17) is 10.5 Å². The molecule has 0 spiro atoms. The number of nitrogen functional groups attached to an aromatic ring is 1. The maximum absolute atomic E-state index is 14.6. The summed E-state index contributed by atoms with van der Waals surface area (Å²) in [7, 11) is 3.01. The Hall–Kier alpha value is -3.99. The van der Waals surface area contributed by atoms with Gasteiger partial charge in [-0.15, -0.1) is 0 Å². The molecule has 0 aliphatic heterocycles. The van der Waals surface area contributed by atoms with Crippen LogP contribution in [0.1, 0.15) is 28.8 Å². The van der Waals surface area contributed by atoms with Crippen LogP contribution in [0.5, 0.6) is 5.88 Å². The van der Waals surface area contributed by atoms with Crippen LogP contribution in [0, 0.1) is 5.82 Å². The number of carbonyl (C=O) groups excluding carboxylic acids is 1. The second-order valence-corrected chi connectivity index (χ2v) is 7.69. The number of hydrogen-bond donors (Lipinski definition) is 3. The molecule has 9 nitrogen and oxygen atoms in total. The SMILES string of the molecule is CNC(=O)c1ccnc2c([C@H](C)CNc3cc(-c4cnc(OC)c(N)c4)ncn3)ccc(F)c12.S. The number of aromatic nitrogens is 4. The molecule has 3 aromatic heterocycles. The van der Waals surface area contributed by atoms with Crippen molar-refractivity contribution in [2.75, 3.05) is 31.8 Å². The minimum Gasteiger partial charge on any atom is -0.480 e. The predicted octanol–water partition coefficient (Wildman–Crippen LogP) is 3.50. The van der Waals surface area contributed by atoms with Crippen LogP contribution in [-0.2, 0) is 0 Å². The number of rotatable bonds is 7. The average molecular weight is 496 g/mol. The van der Waals surface area contributed by atoms with Crippen molar-refractivity contribution < 1.29 is 13.9 Å². The smallest absolute Gasteiger partial charge is 0.251 e. The van der Waals surface area contributed by atoms with Crippen molar-refractivity contribution in [1.82, 2.24) is 25.3 Å². The Balaban J connectivity index is 0.00000342. The molecule has 3 heterocycles. The van der Waals surface area contributed by atoms with E-state index >= 15 is 0 Å². The number of halogens is 1. The van der Waals surface area contributed by atoms with Crippen LogP contribution in [0.4, 0.5) is 15.9 Å². The summed E-state index contributed by atoms with van der Waals surface area (Å²) in [6.45, 7) is 2.48. The molecular formula is C24H26FN7O2S. The summed E-state index contributed by atoms with van der Waals surface area (Å²) in [4.78, 5) is 29.4. The van der Waals surface area contributed by atoms with Crippen LogP contribution >= 0.6 is 13.5 Å². The Morgan fingerprint density at radius 1 is 1.17 bits per heavy atom. The fraction of sp³-hybridized carbons (Fsp3) is 0.208. The van der Waals surface area contributed by atoms with Gasteiger partial charge in [0.15, 0.2) is 0 Å². The summed E-state index contributed by atoms with van der Waals surface area (Å²) >= 11 is 0. The lowest BCUT2D eigenvalue weighted by Crippen LogP contribution is -2.19. The number of nitrogens with zero attached hydrogens (tertiary/aromatic N) is 4. The van der Waals surface area contributed by atoms with Crippen molar-refractivity contribution in [3.63, 3.8) is 0 Å². The first kappa shape index (κ1) is 25.6. The first-order valence-electron chi connectivity index (χ1n) is 10.6. The van der Waals surface area contributed by atoms with E-state index in [-0.39, 0.29) is 36.3 Å². The molecule has 1 amide bonds. The zero-order valence-corrected chi connectivity index (χ0v) is 20.5. The number of methoxy groups -OCH3 is 1. The summed E-state index contributed by atoms with van der Waals surface area (Å²) in [5.41, 5.74) is 9.27. The van der Waals surface area contributed by atoms with Gasteiger partial charge < -0.3 is 21.1 Å². The number of carbonyl (C=O) groups is 1. The van der Waals surface area contributed by atoms with Crippen molar-refractivity contribution in [3.05, 3.63) is 66.0 Å². The van der Waals surface area contributed by atoms with Gasteiger partial charge in [0.2, 0.25) is 5.88 Å². The number of nitrogens with one attached hydrogen (secondary N) is 2. The van der Waals surface area contributed by atoms with Gasteiger partial charge in [-0.3, -0.25) is 9.78 Å². The zero-order chi connectivity index (χ0) is 24.2. The van der Waals surface area contributed by atoms with Gasteiger partial charge in [0.25, 0.3) is 5.91 Å². The highest BCUT2D eigenvalue weighted by Crippen LogP contribution is 2.29. The summed E-state index contributed by atoms with van der Waals surface area (Å²) in [5, 5.41) is 6.04. The van der Waals surface area contributed by atoms with E-state index in [0.29, 0.717) is 35.1 Å². The molecule has 4 N–H and O–H groups in total. The predicted molar refractivity (Wildman–Crippen MR) is 139 cm³/mol. The summed E-state index contributed by atoms with van der Waals surface area (Å²) in [6.07, 6.45) is 4.60. The molecule has 0 aliphatic rings. The van der Waals surface area contributed by atoms with E-state index in [0.717, 1.165) is 11.1 Å². The van der Waals surface area contributed by atoms with Crippen LogP contribution in [-0.4, -0.2) is 46.5 Å². The molecule has 0 aliphatic carbocycles. The first-order valence-corrected chi connectivity index (χ1v) is 10.6. The van der Waals surface area contributed by atoms with Crippen LogP contribution in [0.2, 0.25) is 0 Å². The molecule has 0 bridgehead atoms. The van der Waals surface area contributed by atoms with E-state index in [1.807, 2.05) is 6.92 Å². The second-order valence-electron chi connectivity index (χ2n) is 7.69. The second kappa shape index (κ2) is 11.0. The highest BCUT2D eigenvalue weighted by atomic mass is 32.1. The van der Waals surface area contributed by atoms with Crippen LogP contribution in [0.25, 0.3) is 22.2 Å². The van der Waals surface area contributed by atoms with Crippen molar-refractivity contribution in [1.29, 1.82) is 0 Å². The Labute approximate surface area is 208 Å². The van der Waals surface area contributed by atoms with Gasteiger partial charge in [-0.05, 0) is 23.8 Å². The first-order chi connectivity index (χ1) is 16.4. The van der Waals surface area contributed by atoms with Crippen molar-refractivity contribution in [2.24, 2.45) is 0 Å². The van der Waals surface area contributed by atoms with E-state index in [2.05, 4.69) is 30.6 Å². The molecule has 0 fully saturated rings. The quantitative estimate of drug-likeness (QED) is 0.355. The summed E-state index contributed by atoms with van der Waals surface area (Å²) < 4.78 is 19.7. The molecule has 182 valence electrons. The van der Waals surface area contributed by atoms with E-state index in [1.54, 1.807) is 24.4 Å². The third-order valence-electron chi connectivity index (χ3n) is 5.50. The number of nitrogens with two attached hydrogens (primary N) is 1. The van der Waals surface area contributed by atoms with E-state index < -0.39 is 5.82 Å². The maximum Gasteiger partial charge on any atom is 0.251 e. The van der Waals surface area contributed by atoms with Gasteiger partial charge in [0.05, 0.1) is 29.6 Å². The summed E-state index contributed by atoms with van der Waals surface area (Å²) in [6, 6.07) is 8.11. The lowest BCUT2D eigenvalue weighted by Gasteiger charge is -2.17. The number of amides is 1. The molecule has 1 atom stereocenters. The van der Waals surface area contributed by atoms with Gasteiger partial charge in [0.1, 0.15) is 18.0 Å². The zero-order valence-electron chi connectivity index (χ0n) is 19.5. The number of ether oxygens (including phenoxy) is 1. The fourth-order valence-electron chi connectivity index (χ4n) is 3.73. The van der Waals surface area contributed by atoms with Gasteiger partial charge >= 0.3 is 0 Å². The molecule has 11 heteroatoms. The molecule has 4 aromatic rings. The molecule has 0 radical (unpaired) electrons. The Morgan fingerprint density at radius 3 is 2.69 bits per heavy atom. The number of hydrogen-bond acceptors (Lipinski definition) is 8. The Kier molecular flexibility index (Phi) is 8.02. The third kappa shape index (κ3) is 5.24. The molecule has 4 rings (SSSR count). The van der Waals surface area contributed by atoms with Crippen LogP contribution in [0.15, 0.2) is 49.1 Å². The average Bonchev–Trinajstić information content (AvgIpc) is 2.86. The Bertz CT molecular complexity index is 1370. The Morgan fingerprint density at radius 2 is 1.97 bits per heavy atom. The highest BCUT2D eigenvalue weighted by molar-refractivity contribution is 7.59. The maximum atomic E-state index is 14.6. The lowest BCUT2D eigenvalue weighted by molar-refractivity contribution is 0.0964. The van der Waals surface area contributed by atoms with Gasteiger partial charge in [-0.1, -0.05) is 13.0 Å². The molecular weight excluding hydrogens is 469 g/mol. The molecule has 35 heavy (non-hydrogen) atoms. The third-order valence-corrected chi connectivity index (χ3v) is 5.50. The van der Waals surface area contributed by atoms with Gasteiger partial charge in [-0.2, -0.15) is 13.5 Å².